The molecule has 0 saturated carbocycles. The highest BCUT2D eigenvalue weighted by Gasteiger charge is 2.34. The van der Waals surface area contributed by atoms with Gasteiger partial charge in [0, 0.05) is 29.9 Å². The van der Waals surface area contributed by atoms with E-state index in [1.165, 1.54) is 0 Å². The van der Waals surface area contributed by atoms with Crippen molar-refractivity contribution in [2.24, 2.45) is 0 Å². The third kappa shape index (κ3) is 4.34. The highest BCUT2D eigenvalue weighted by atomic mass is 16.2. The summed E-state index contributed by atoms with van der Waals surface area (Å²) < 4.78 is 0. The maximum absolute atomic E-state index is 12.7. The Labute approximate surface area is 158 Å². The van der Waals surface area contributed by atoms with E-state index >= 15 is 0 Å². The van der Waals surface area contributed by atoms with Crippen LogP contribution in [0.15, 0.2) is 54.6 Å². The zero-order valence-corrected chi connectivity index (χ0v) is 15.3. The zero-order valence-electron chi connectivity index (χ0n) is 15.3. The maximum Gasteiger partial charge on any atom is 0.254 e. The van der Waals surface area contributed by atoms with Gasteiger partial charge in [-0.2, -0.15) is 0 Å². The summed E-state index contributed by atoms with van der Waals surface area (Å²) in [6.45, 7) is 2.99. The molecule has 6 nitrogen and oxygen atoms in total. The Balaban J connectivity index is 1.66. The van der Waals surface area contributed by atoms with Gasteiger partial charge in [0.25, 0.3) is 11.8 Å². The fraction of sp³-hybridized carbons (Fsp3) is 0.286. The molecule has 1 fully saturated rings. The Morgan fingerprint density at radius 1 is 1.00 bits per heavy atom. The number of carbonyl (C=O) groups is 3. The van der Waals surface area contributed by atoms with Crippen molar-refractivity contribution in [2.75, 3.05) is 18.4 Å². The van der Waals surface area contributed by atoms with Crippen LogP contribution >= 0.6 is 0 Å². The highest BCUT2D eigenvalue weighted by molar-refractivity contribution is 6.02. The van der Waals surface area contributed by atoms with E-state index in [9.17, 15) is 14.4 Å². The molecule has 27 heavy (non-hydrogen) atoms. The first kappa shape index (κ1) is 18.6. The Bertz CT molecular complexity index is 818. The van der Waals surface area contributed by atoms with Crippen molar-refractivity contribution >= 4 is 23.4 Å². The van der Waals surface area contributed by atoms with Crippen LogP contribution in [0.3, 0.4) is 0 Å². The van der Waals surface area contributed by atoms with Crippen molar-refractivity contribution in [2.45, 2.75) is 25.8 Å². The van der Waals surface area contributed by atoms with Crippen molar-refractivity contribution in [1.82, 2.24) is 10.2 Å². The number of hydrogen-bond donors (Lipinski definition) is 2. The monoisotopic (exact) mass is 365 g/mol. The summed E-state index contributed by atoms with van der Waals surface area (Å²) in [5.41, 5.74) is 1.73. The molecule has 0 radical (unpaired) electrons. The van der Waals surface area contributed by atoms with Gasteiger partial charge in [0.15, 0.2) is 0 Å². The molecule has 140 valence electrons. The van der Waals surface area contributed by atoms with Gasteiger partial charge in [-0.05, 0) is 56.2 Å². The minimum absolute atomic E-state index is 0.125. The Hall–Kier alpha value is -3.15. The summed E-state index contributed by atoms with van der Waals surface area (Å²) in [5.74, 6) is -0.479. The molecule has 1 atom stereocenters. The number of likely N-dealkylation sites (tertiary alicyclic amines) is 1. The average Bonchev–Trinajstić information content (AvgIpc) is 3.19. The molecular formula is C21H23N3O3. The first-order valence-electron chi connectivity index (χ1n) is 9.15. The Kier molecular flexibility index (Phi) is 5.86. The van der Waals surface area contributed by atoms with Gasteiger partial charge in [0.05, 0.1) is 0 Å². The van der Waals surface area contributed by atoms with Gasteiger partial charge in [-0.1, -0.05) is 18.2 Å². The van der Waals surface area contributed by atoms with Gasteiger partial charge in [0.2, 0.25) is 5.91 Å². The molecule has 0 aromatic heterocycles. The fourth-order valence-corrected chi connectivity index (χ4v) is 3.22. The molecule has 0 aliphatic carbocycles. The highest BCUT2D eigenvalue weighted by Crippen LogP contribution is 2.22. The third-order valence-corrected chi connectivity index (χ3v) is 4.59. The molecule has 1 heterocycles. The van der Waals surface area contributed by atoms with E-state index in [4.69, 9.17) is 0 Å². The largest absolute Gasteiger partial charge is 0.352 e. The lowest BCUT2D eigenvalue weighted by atomic mass is 10.1. The molecule has 1 aliphatic rings. The van der Waals surface area contributed by atoms with E-state index in [0.29, 0.717) is 36.3 Å². The van der Waals surface area contributed by atoms with E-state index in [0.717, 1.165) is 6.42 Å². The first-order chi connectivity index (χ1) is 13.1. The van der Waals surface area contributed by atoms with Crippen LogP contribution in [-0.4, -0.2) is 41.8 Å². The summed E-state index contributed by atoms with van der Waals surface area (Å²) in [6.07, 6.45) is 1.44. The van der Waals surface area contributed by atoms with Gasteiger partial charge in [-0.15, -0.1) is 0 Å². The summed E-state index contributed by atoms with van der Waals surface area (Å²) in [7, 11) is 0. The SMILES string of the molecule is CCNC(=O)c1ccc(NC(=O)C2CCCN2C(=O)c2ccccc2)cc1. The predicted molar refractivity (Wildman–Crippen MR) is 104 cm³/mol. The second-order valence-corrected chi connectivity index (χ2v) is 6.45. The Morgan fingerprint density at radius 2 is 1.70 bits per heavy atom. The van der Waals surface area contributed by atoms with E-state index in [2.05, 4.69) is 10.6 Å². The second kappa shape index (κ2) is 8.49. The van der Waals surface area contributed by atoms with Gasteiger partial charge in [-0.3, -0.25) is 14.4 Å². The molecule has 2 aromatic carbocycles. The predicted octanol–water partition coefficient (Wildman–Crippen LogP) is 2.68. The van der Waals surface area contributed by atoms with E-state index < -0.39 is 6.04 Å². The van der Waals surface area contributed by atoms with Gasteiger partial charge >= 0.3 is 0 Å². The van der Waals surface area contributed by atoms with Gasteiger partial charge in [0.1, 0.15) is 6.04 Å². The molecule has 2 N–H and O–H groups in total. The summed E-state index contributed by atoms with van der Waals surface area (Å²) >= 11 is 0. The number of rotatable bonds is 5. The first-order valence-corrected chi connectivity index (χ1v) is 9.15. The smallest absolute Gasteiger partial charge is 0.254 e. The van der Waals surface area contributed by atoms with Crippen LogP contribution in [0.2, 0.25) is 0 Å². The molecule has 0 bridgehead atoms. The summed E-state index contributed by atoms with van der Waals surface area (Å²) in [5, 5.41) is 5.58. The molecule has 1 unspecified atom stereocenters. The van der Waals surface area contributed by atoms with Crippen molar-refractivity contribution in [3.63, 3.8) is 0 Å². The maximum atomic E-state index is 12.7. The molecular weight excluding hydrogens is 342 g/mol. The number of carbonyl (C=O) groups excluding carboxylic acids is 3. The van der Waals surface area contributed by atoms with Crippen LogP contribution in [0, 0.1) is 0 Å². The number of hydrogen-bond acceptors (Lipinski definition) is 3. The number of nitrogens with one attached hydrogen (secondary N) is 2. The topological polar surface area (TPSA) is 78.5 Å². The number of benzene rings is 2. The molecule has 3 rings (SSSR count). The van der Waals surface area contributed by atoms with Crippen LogP contribution in [0.4, 0.5) is 5.69 Å². The average molecular weight is 365 g/mol. The minimum Gasteiger partial charge on any atom is -0.352 e. The number of amides is 3. The third-order valence-electron chi connectivity index (χ3n) is 4.59. The zero-order chi connectivity index (χ0) is 19.2. The van der Waals surface area contributed by atoms with E-state index in [-0.39, 0.29) is 17.7 Å². The molecule has 1 aliphatic heterocycles. The van der Waals surface area contributed by atoms with Gasteiger partial charge in [-0.25, -0.2) is 0 Å². The van der Waals surface area contributed by atoms with Crippen LogP contribution in [-0.2, 0) is 4.79 Å². The molecule has 6 heteroatoms. The lowest BCUT2D eigenvalue weighted by Gasteiger charge is -2.24. The van der Waals surface area contributed by atoms with Crippen molar-refractivity contribution in [3.05, 3.63) is 65.7 Å². The normalized spacial score (nSPS) is 16.0. The minimum atomic E-state index is -0.485. The molecule has 3 amide bonds. The molecule has 1 saturated heterocycles. The van der Waals surface area contributed by atoms with Crippen LogP contribution in [0.25, 0.3) is 0 Å². The standard InChI is InChI=1S/C21H23N3O3/c1-2-22-19(25)15-10-12-17(13-11-15)23-20(26)18-9-6-14-24(18)21(27)16-7-4-3-5-8-16/h3-5,7-8,10-13,18H,2,6,9,14H2,1H3,(H,22,25)(H,23,26). The van der Waals surface area contributed by atoms with E-state index in [1.54, 1.807) is 41.3 Å². The lowest BCUT2D eigenvalue weighted by molar-refractivity contribution is -0.119. The Morgan fingerprint density at radius 3 is 2.37 bits per heavy atom. The van der Waals surface area contributed by atoms with E-state index in [1.807, 2.05) is 25.1 Å². The van der Waals surface area contributed by atoms with Crippen LogP contribution in [0.1, 0.15) is 40.5 Å². The summed E-state index contributed by atoms with van der Waals surface area (Å²) in [6, 6.07) is 15.2. The number of nitrogens with zero attached hydrogens (tertiary/aromatic N) is 1. The fourth-order valence-electron chi connectivity index (χ4n) is 3.22. The van der Waals surface area contributed by atoms with Crippen molar-refractivity contribution in [3.8, 4) is 0 Å². The molecule has 2 aromatic rings. The van der Waals surface area contributed by atoms with Crippen LogP contribution < -0.4 is 10.6 Å². The van der Waals surface area contributed by atoms with Crippen LogP contribution in [0.5, 0.6) is 0 Å². The van der Waals surface area contributed by atoms with Gasteiger partial charge < -0.3 is 15.5 Å². The van der Waals surface area contributed by atoms with Crippen molar-refractivity contribution < 1.29 is 14.4 Å². The summed E-state index contributed by atoms with van der Waals surface area (Å²) in [4.78, 5) is 38.8. The number of anilines is 1. The second-order valence-electron chi connectivity index (χ2n) is 6.45. The quantitative estimate of drug-likeness (QED) is 0.855. The van der Waals surface area contributed by atoms with Crippen molar-refractivity contribution in [1.29, 1.82) is 0 Å². The molecule has 0 spiro atoms. The lowest BCUT2D eigenvalue weighted by Crippen LogP contribution is -2.43.